The molecule has 11 aromatic carbocycles. The highest BCUT2D eigenvalue weighted by atomic mass is 16.5. The SMILES string of the molecule is OB(O)c1c(Oc2cc(N(c3ccccc3)c3ccccc3)cc(N(c3ccccc3)c3ccccc3)c2)cccc1Oc1cc(N(c2ccccc2)c2ccccc2)cc(N(c2ccccc2)c2ccccc2)c1. The number of hydrogen-bond donors (Lipinski definition) is 2. The highest BCUT2D eigenvalue weighted by Crippen LogP contribution is 2.46. The summed E-state index contributed by atoms with van der Waals surface area (Å²) in [6, 6.07) is 99.0. The van der Waals surface area contributed by atoms with Crippen molar-refractivity contribution in [1.29, 1.82) is 0 Å². The first-order valence-electron chi connectivity index (χ1n) is 24.8. The number of hydrogen-bond acceptors (Lipinski definition) is 8. The van der Waals surface area contributed by atoms with Crippen molar-refractivity contribution in [3.05, 3.63) is 297 Å². The molecule has 0 saturated heterocycles. The first-order valence-corrected chi connectivity index (χ1v) is 24.8. The number of benzene rings is 11. The second kappa shape index (κ2) is 22.3. The van der Waals surface area contributed by atoms with Crippen LogP contribution in [0.1, 0.15) is 0 Å². The van der Waals surface area contributed by atoms with Crippen LogP contribution in [0.3, 0.4) is 0 Å². The number of anilines is 12. The smallest absolute Gasteiger partial charge is 0.457 e. The number of nitrogens with zero attached hydrogens (tertiary/aromatic N) is 4. The van der Waals surface area contributed by atoms with Crippen molar-refractivity contribution in [3.8, 4) is 23.0 Å². The van der Waals surface area contributed by atoms with E-state index >= 15 is 0 Å². The Morgan fingerprint density at radius 2 is 0.427 bits per heavy atom. The second-order valence-corrected chi connectivity index (χ2v) is 17.6. The van der Waals surface area contributed by atoms with Crippen LogP contribution in [-0.2, 0) is 0 Å². The summed E-state index contributed by atoms with van der Waals surface area (Å²) in [6.45, 7) is 0. The van der Waals surface area contributed by atoms with Gasteiger partial charge in [-0.1, -0.05) is 152 Å². The van der Waals surface area contributed by atoms with Gasteiger partial charge in [-0.25, -0.2) is 0 Å². The van der Waals surface area contributed by atoms with Crippen molar-refractivity contribution >= 4 is 80.8 Å². The van der Waals surface area contributed by atoms with Crippen LogP contribution < -0.4 is 34.5 Å². The van der Waals surface area contributed by atoms with E-state index in [1.165, 1.54) is 0 Å². The zero-order valence-corrected chi connectivity index (χ0v) is 40.9. The average Bonchev–Trinajstić information content (AvgIpc) is 3.46. The maximum absolute atomic E-state index is 11.5. The molecule has 0 spiro atoms. The lowest BCUT2D eigenvalue weighted by Gasteiger charge is -2.30. The summed E-state index contributed by atoms with van der Waals surface area (Å²) >= 11 is 0. The largest absolute Gasteiger partial charge is 0.496 e. The topological polar surface area (TPSA) is 71.9 Å². The monoisotopic (exact) mass is 974 g/mol. The van der Waals surface area contributed by atoms with E-state index in [9.17, 15) is 10.0 Å². The molecule has 0 aliphatic heterocycles. The lowest BCUT2D eigenvalue weighted by molar-refractivity contribution is 0.414. The van der Waals surface area contributed by atoms with Crippen LogP contribution in [-0.4, -0.2) is 17.2 Å². The van der Waals surface area contributed by atoms with Gasteiger partial charge < -0.3 is 39.1 Å². The van der Waals surface area contributed by atoms with Crippen molar-refractivity contribution in [2.75, 3.05) is 19.6 Å². The summed E-state index contributed by atoms with van der Waals surface area (Å²) in [5.41, 5.74) is 10.8. The van der Waals surface area contributed by atoms with Crippen molar-refractivity contribution in [1.82, 2.24) is 0 Å². The molecule has 0 fully saturated rings. The Hall–Kier alpha value is -9.80. The van der Waals surface area contributed by atoms with Gasteiger partial charge in [0.15, 0.2) is 0 Å². The van der Waals surface area contributed by atoms with E-state index < -0.39 is 7.12 Å². The van der Waals surface area contributed by atoms with E-state index in [-0.39, 0.29) is 17.0 Å². The van der Waals surface area contributed by atoms with E-state index in [0.29, 0.717) is 11.5 Å². The van der Waals surface area contributed by atoms with Gasteiger partial charge >= 0.3 is 7.12 Å². The van der Waals surface area contributed by atoms with Gasteiger partial charge in [0.05, 0.1) is 28.2 Å². The summed E-state index contributed by atoms with van der Waals surface area (Å²) < 4.78 is 13.9. The van der Waals surface area contributed by atoms with Gasteiger partial charge in [0, 0.05) is 69.8 Å². The Balaban J connectivity index is 1.07. The van der Waals surface area contributed by atoms with Crippen LogP contribution >= 0.6 is 0 Å². The Kier molecular flexibility index (Phi) is 14.1. The second-order valence-electron chi connectivity index (χ2n) is 17.6. The average molecular weight is 975 g/mol. The van der Waals surface area contributed by atoms with Crippen LogP contribution in [0.25, 0.3) is 0 Å². The van der Waals surface area contributed by atoms with E-state index in [1.807, 2.05) is 170 Å². The molecule has 9 heteroatoms. The Morgan fingerprint density at radius 3 is 0.613 bits per heavy atom. The van der Waals surface area contributed by atoms with E-state index in [4.69, 9.17) is 9.47 Å². The van der Waals surface area contributed by atoms with Crippen LogP contribution in [0, 0.1) is 0 Å². The summed E-state index contributed by atoms with van der Waals surface area (Å²) in [7, 11) is -1.99. The van der Waals surface area contributed by atoms with Crippen molar-refractivity contribution in [2.24, 2.45) is 0 Å². The van der Waals surface area contributed by atoms with E-state index in [1.54, 1.807) is 18.2 Å². The summed E-state index contributed by atoms with van der Waals surface area (Å²) in [5.74, 6) is 1.29. The molecule has 0 aliphatic carbocycles. The van der Waals surface area contributed by atoms with Gasteiger partial charge in [-0.2, -0.15) is 0 Å². The first-order chi connectivity index (χ1) is 37.0. The number of para-hydroxylation sites is 8. The highest BCUT2D eigenvalue weighted by molar-refractivity contribution is 6.61. The molecule has 0 bridgehead atoms. The third kappa shape index (κ3) is 10.7. The third-order valence-corrected chi connectivity index (χ3v) is 12.6. The fraction of sp³-hybridized carbons (Fsp3) is 0. The first kappa shape index (κ1) is 47.5. The van der Waals surface area contributed by atoms with Crippen LogP contribution in [0.15, 0.2) is 297 Å². The molecule has 2 N–H and O–H groups in total. The predicted octanol–water partition coefficient (Wildman–Crippen LogP) is 16.8. The van der Waals surface area contributed by atoms with Crippen LogP contribution in [0.4, 0.5) is 68.2 Å². The maximum atomic E-state index is 11.5. The highest BCUT2D eigenvalue weighted by Gasteiger charge is 2.27. The van der Waals surface area contributed by atoms with Crippen molar-refractivity contribution in [3.63, 3.8) is 0 Å². The zero-order valence-electron chi connectivity index (χ0n) is 40.9. The van der Waals surface area contributed by atoms with Crippen molar-refractivity contribution < 1.29 is 19.5 Å². The number of rotatable bonds is 17. The minimum absolute atomic E-state index is 0.0494. The number of ether oxygens (including phenoxy) is 2. The molecular weight excluding hydrogens is 924 g/mol. The van der Waals surface area contributed by atoms with Gasteiger partial charge in [0.2, 0.25) is 0 Å². The van der Waals surface area contributed by atoms with Gasteiger partial charge in [-0.15, -0.1) is 0 Å². The molecule has 0 aromatic heterocycles. The molecule has 11 aromatic rings. The standard InChI is InChI=1S/C66H51BN4O4/c72-67(73)66-64(74-62-46-58(68(50-26-9-1-10-27-50)51-28-11-2-12-29-51)44-59(47-62)69(52-30-13-3-14-31-52)53-32-15-4-16-33-53)42-25-43-65(66)75-63-48-60(70(54-34-17-5-18-35-54)55-36-19-6-20-37-55)45-61(49-63)71(56-38-21-7-22-39-56)57-40-23-8-24-41-57/h1-49,72-73H. The Labute approximate surface area is 438 Å². The quantitative estimate of drug-likeness (QED) is 0.0875. The zero-order chi connectivity index (χ0) is 50.8. The van der Waals surface area contributed by atoms with E-state index in [2.05, 4.69) is 129 Å². The molecule has 0 heterocycles. The predicted molar refractivity (Wildman–Crippen MR) is 308 cm³/mol. The molecular formula is C66H51BN4O4. The van der Waals surface area contributed by atoms with Gasteiger partial charge in [0.1, 0.15) is 23.0 Å². The fourth-order valence-corrected chi connectivity index (χ4v) is 9.39. The normalized spacial score (nSPS) is 10.8. The summed E-state index contributed by atoms with van der Waals surface area (Å²) in [6.07, 6.45) is 0. The minimum atomic E-state index is -1.99. The lowest BCUT2D eigenvalue weighted by atomic mass is 9.78. The molecule has 8 nitrogen and oxygen atoms in total. The van der Waals surface area contributed by atoms with Crippen LogP contribution in [0.2, 0.25) is 0 Å². The molecule has 0 atom stereocenters. The summed E-state index contributed by atoms with van der Waals surface area (Å²) in [4.78, 5) is 8.72. The molecule has 11 rings (SSSR count). The molecule has 0 aliphatic rings. The van der Waals surface area contributed by atoms with Crippen molar-refractivity contribution in [2.45, 2.75) is 0 Å². The van der Waals surface area contributed by atoms with E-state index in [0.717, 1.165) is 68.2 Å². The Bertz CT molecular complexity index is 2990. The van der Waals surface area contributed by atoms with Gasteiger partial charge in [-0.05, 0) is 121 Å². The Morgan fingerprint density at radius 1 is 0.227 bits per heavy atom. The molecule has 0 amide bonds. The molecule has 0 unspecified atom stereocenters. The molecule has 75 heavy (non-hydrogen) atoms. The molecule has 0 saturated carbocycles. The molecule has 362 valence electrons. The third-order valence-electron chi connectivity index (χ3n) is 12.6. The lowest BCUT2D eigenvalue weighted by Crippen LogP contribution is -2.32. The maximum Gasteiger partial charge on any atom is 0.496 e. The fourth-order valence-electron chi connectivity index (χ4n) is 9.39. The van der Waals surface area contributed by atoms with Gasteiger partial charge in [-0.3, -0.25) is 0 Å². The van der Waals surface area contributed by atoms with Crippen LogP contribution in [0.5, 0.6) is 23.0 Å². The summed E-state index contributed by atoms with van der Waals surface area (Å²) in [5, 5.41) is 22.9. The minimum Gasteiger partial charge on any atom is -0.457 e. The van der Waals surface area contributed by atoms with Gasteiger partial charge in [0.25, 0.3) is 0 Å². The molecule has 0 radical (unpaired) electrons.